The van der Waals surface area contributed by atoms with Crippen molar-refractivity contribution in [2.75, 3.05) is 24.3 Å². The van der Waals surface area contributed by atoms with Crippen LogP contribution in [0, 0.1) is 0 Å². The van der Waals surface area contributed by atoms with E-state index in [4.69, 9.17) is 15.2 Å². The molecular formula is C18H20N2O3. The van der Waals surface area contributed by atoms with E-state index in [1.54, 1.807) is 12.1 Å². The highest BCUT2D eigenvalue weighted by Gasteiger charge is 2.19. The van der Waals surface area contributed by atoms with Gasteiger partial charge in [0.25, 0.3) is 0 Å². The second kappa shape index (κ2) is 7.15. The van der Waals surface area contributed by atoms with Crippen molar-refractivity contribution in [3.8, 4) is 5.75 Å². The van der Waals surface area contributed by atoms with E-state index in [2.05, 4.69) is 5.32 Å². The predicted molar refractivity (Wildman–Crippen MR) is 89.5 cm³/mol. The van der Waals surface area contributed by atoms with Crippen LogP contribution in [0.1, 0.15) is 12.0 Å². The smallest absolute Gasteiger partial charge is 0.228 e. The molecule has 5 heteroatoms. The monoisotopic (exact) mass is 312 g/mol. The van der Waals surface area contributed by atoms with Gasteiger partial charge in [0, 0.05) is 12.1 Å². The molecule has 1 amide bonds. The van der Waals surface area contributed by atoms with E-state index in [0.717, 1.165) is 18.6 Å². The minimum absolute atomic E-state index is 0.0464. The normalized spacial score (nSPS) is 17.0. The number of carbonyl (C=O) groups excluding carboxylic acids is 1. The molecule has 1 aliphatic rings. The van der Waals surface area contributed by atoms with Crippen LogP contribution in [0.4, 0.5) is 11.4 Å². The molecule has 2 aromatic carbocycles. The molecule has 120 valence electrons. The van der Waals surface area contributed by atoms with E-state index in [-0.39, 0.29) is 12.0 Å². The van der Waals surface area contributed by atoms with Crippen LogP contribution in [-0.2, 0) is 16.0 Å². The summed E-state index contributed by atoms with van der Waals surface area (Å²) in [6.45, 7) is 1.31. The van der Waals surface area contributed by atoms with Crippen molar-refractivity contribution in [2.45, 2.75) is 18.9 Å². The molecule has 0 spiro atoms. The van der Waals surface area contributed by atoms with Gasteiger partial charge in [-0.1, -0.05) is 24.3 Å². The van der Waals surface area contributed by atoms with Gasteiger partial charge in [-0.2, -0.15) is 0 Å². The molecule has 1 saturated heterocycles. The summed E-state index contributed by atoms with van der Waals surface area (Å²) < 4.78 is 11.2. The fraction of sp³-hybridized carbons (Fsp3) is 0.278. The summed E-state index contributed by atoms with van der Waals surface area (Å²) in [5, 5.41) is 2.91. The molecule has 0 aliphatic carbocycles. The van der Waals surface area contributed by atoms with Crippen molar-refractivity contribution in [3.63, 3.8) is 0 Å². The lowest BCUT2D eigenvalue weighted by atomic mass is 10.1. The number of hydrogen-bond donors (Lipinski definition) is 2. The van der Waals surface area contributed by atoms with Gasteiger partial charge in [-0.3, -0.25) is 4.79 Å². The summed E-state index contributed by atoms with van der Waals surface area (Å²) in [6.07, 6.45) is 1.21. The molecule has 1 atom stereocenters. The molecule has 1 heterocycles. The van der Waals surface area contributed by atoms with Gasteiger partial charge >= 0.3 is 0 Å². The molecule has 3 rings (SSSR count). The van der Waals surface area contributed by atoms with Crippen LogP contribution < -0.4 is 15.8 Å². The summed E-state index contributed by atoms with van der Waals surface area (Å²) >= 11 is 0. The van der Waals surface area contributed by atoms with E-state index < -0.39 is 0 Å². The van der Waals surface area contributed by atoms with Crippen molar-refractivity contribution in [1.29, 1.82) is 0 Å². The average Bonchev–Trinajstić information content (AvgIpc) is 3.05. The zero-order valence-corrected chi connectivity index (χ0v) is 12.8. The number of rotatable bonds is 5. The minimum Gasteiger partial charge on any atom is -0.486 e. The van der Waals surface area contributed by atoms with Crippen molar-refractivity contribution < 1.29 is 14.3 Å². The van der Waals surface area contributed by atoms with Gasteiger partial charge in [-0.05, 0) is 29.8 Å². The third-order valence-corrected chi connectivity index (χ3v) is 3.69. The second-order valence-corrected chi connectivity index (χ2v) is 5.57. The second-order valence-electron chi connectivity index (χ2n) is 5.57. The molecule has 3 N–H and O–H groups in total. The van der Waals surface area contributed by atoms with Gasteiger partial charge in [0.1, 0.15) is 11.9 Å². The van der Waals surface area contributed by atoms with Gasteiger partial charge in [0.05, 0.1) is 25.3 Å². The van der Waals surface area contributed by atoms with Crippen LogP contribution in [-0.4, -0.2) is 25.2 Å². The maximum Gasteiger partial charge on any atom is 0.228 e. The maximum absolute atomic E-state index is 12.2. The molecule has 0 aromatic heterocycles. The first kappa shape index (κ1) is 15.4. The SMILES string of the molecule is Nc1ccc(CC(=O)Nc2ccccc2OC2CCOC2)cc1. The summed E-state index contributed by atoms with van der Waals surface area (Å²) in [6, 6.07) is 14.8. The summed E-state index contributed by atoms with van der Waals surface area (Å²) in [5.41, 5.74) is 7.93. The highest BCUT2D eigenvalue weighted by atomic mass is 16.5. The highest BCUT2D eigenvalue weighted by Crippen LogP contribution is 2.26. The molecule has 0 bridgehead atoms. The molecule has 1 aliphatic heterocycles. The van der Waals surface area contributed by atoms with Crippen LogP contribution in [0.5, 0.6) is 5.75 Å². The van der Waals surface area contributed by atoms with Crippen molar-refractivity contribution in [3.05, 3.63) is 54.1 Å². The first-order chi connectivity index (χ1) is 11.2. The Labute approximate surface area is 135 Å². The standard InChI is InChI=1S/C18H20N2O3/c19-14-7-5-13(6-8-14)11-18(21)20-16-3-1-2-4-17(16)23-15-9-10-22-12-15/h1-8,15H,9-12,19H2,(H,20,21). The van der Waals surface area contributed by atoms with Crippen molar-refractivity contribution in [1.82, 2.24) is 0 Å². The predicted octanol–water partition coefficient (Wildman–Crippen LogP) is 2.62. The molecule has 2 aromatic rings. The van der Waals surface area contributed by atoms with Gasteiger partial charge in [0.15, 0.2) is 0 Å². The van der Waals surface area contributed by atoms with E-state index in [1.807, 2.05) is 36.4 Å². The Morgan fingerprint density at radius 2 is 2.00 bits per heavy atom. The first-order valence-corrected chi connectivity index (χ1v) is 7.68. The van der Waals surface area contributed by atoms with Gasteiger partial charge < -0.3 is 20.5 Å². The van der Waals surface area contributed by atoms with Crippen LogP contribution in [0.25, 0.3) is 0 Å². The van der Waals surface area contributed by atoms with Gasteiger partial charge in [-0.25, -0.2) is 0 Å². The van der Waals surface area contributed by atoms with Crippen LogP contribution >= 0.6 is 0 Å². The maximum atomic E-state index is 12.2. The number of para-hydroxylation sites is 2. The molecule has 1 fully saturated rings. The Morgan fingerprint density at radius 3 is 2.74 bits per heavy atom. The average molecular weight is 312 g/mol. The Bertz CT molecular complexity index is 664. The Kier molecular flexibility index (Phi) is 4.78. The number of anilines is 2. The number of hydrogen-bond acceptors (Lipinski definition) is 4. The first-order valence-electron chi connectivity index (χ1n) is 7.68. The van der Waals surface area contributed by atoms with Gasteiger partial charge in [0.2, 0.25) is 5.91 Å². The van der Waals surface area contributed by atoms with Crippen molar-refractivity contribution >= 4 is 17.3 Å². The molecule has 1 unspecified atom stereocenters. The lowest BCUT2D eigenvalue weighted by Crippen LogP contribution is -2.19. The summed E-state index contributed by atoms with van der Waals surface area (Å²) in [4.78, 5) is 12.2. The van der Waals surface area contributed by atoms with Crippen LogP contribution in [0.3, 0.4) is 0 Å². The third-order valence-electron chi connectivity index (χ3n) is 3.69. The molecule has 5 nitrogen and oxygen atoms in total. The molecule has 0 radical (unpaired) electrons. The Morgan fingerprint density at radius 1 is 1.22 bits per heavy atom. The minimum atomic E-state index is -0.0894. The number of nitrogens with one attached hydrogen (secondary N) is 1. The number of nitrogen functional groups attached to an aromatic ring is 1. The van der Waals surface area contributed by atoms with Gasteiger partial charge in [-0.15, -0.1) is 0 Å². The molecule has 0 saturated carbocycles. The molecule has 23 heavy (non-hydrogen) atoms. The number of nitrogens with two attached hydrogens (primary N) is 1. The fourth-order valence-electron chi connectivity index (χ4n) is 2.47. The number of carbonyl (C=O) groups is 1. The fourth-order valence-corrected chi connectivity index (χ4v) is 2.47. The number of amides is 1. The van der Waals surface area contributed by atoms with Crippen molar-refractivity contribution in [2.24, 2.45) is 0 Å². The largest absolute Gasteiger partial charge is 0.486 e. The Hall–Kier alpha value is -2.53. The van der Waals surface area contributed by atoms with Crippen LogP contribution in [0.2, 0.25) is 0 Å². The van der Waals surface area contributed by atoms with E-state index >= 15 is 0 Å². The van der Waals surface area contributed by atoms with E-state index in [1.165, 1.54) is 0 Å². The molecular weight excluding hydrogens is 292 g/mol. The third kappa shape index (κ3) is 4.23. The van der Waals surface area contributed by atoms with E-state index in [9.17, 15) is 4.79 Å². The Balaban J connectivity index is 1.64. The van der Waals surface area contributed by atoms with E-state index in [0.29, 0.717) is 30.2 Å². The zero-order chi connectivity index (χ0) is 16.1. The topological polar surface area (TPSA) is 73.6 Å². The lowest BCUT2D eigenvalue weighted by molar-refractivity contribution is -0.115. The highest BCUT2D eigenvalue weighted by molar-refractivity contribution is 5.93. The zero-order valence-electron chi connectivity index (χ0n) is 12.8. The van der Waals surface area contributed by atoms with Crippen LogP contribution in [0.15, 0.2) is 48.5 Å². The number of benzene rings is 2. The number of ether oxygens (including phenoxy) is 2. The summed E-state index contributed by atoms with van der Waals surface area (Å²) in [5.74, 6) is 0.585. The quantitative estimate of drug-likeness (QED) is 0.832. The lowest BCUT2D eigenvalue weighted by Gasteiger charge is -2.16. The summed E-state index contributed by atoms with van der Waals surface area (Å²) in [7, 11) is 0.